The van der Waals surface area contributed by atoms with E-state index >= 15 is 0 Å². The molecule has 2 heterocycles. The van der Waals surface area contributed by atoms with Crippen LogP contribution in [0.5, 0.6) is 5.75 Å². The second-order valence-corrected chi connectivity index (χ2v) is 6.76. The van der Waals surface area contributed by atoms with Gasteiger partial charge < -0.3 is 14.1 Å². The summed E-state index contributed by atoms with van der Waals surface area (Å²) in [5.74, 6) is 0.310. The average molecular weight is 366 g/mol. The predicted octanol–water partition coefficient (Wildman–Crippen LogP) is 2.82. The number of nitrogens with one attached hydrogen (secondary N) is 1. The standard InChI is InChI=1S/C17H20ClN3O4/c1-10(2)24-14-4-3-12(18)9-13(14)16(22)21-7-5-11(6-8-21)15-19-20-17(23)25-15/h3-4,9-11H,5-8H2,1-2H3,(H,20,23). The number of aromatic amines is 1. The molecule has 7 nitrogen and oxygen atoms in total. The van der Waals surface area contributed by atoms with E-state index in [9.17, 15) is 9.59 Å². The molecular formula is C17H20ClN3O4. The van der Waals surface area contributed by atoms with Crippen molar-refractivity contribution in [3.8, 4) is 5.75 Å². The molecule has 0 radical (unpaired) electrons. The zero-order valence-electron chi connectivity index (χ0n) is 14.1. The highest BCUT2D eigenvalue weighted by molar-refractivity contribution is 6.31. The summed E-state index contributed by atoms with van der Waals surface area (Å²) in [7, 11) is 0. The molecule has 134 valence electrons. The summed E-state index contributed by atoms with van der Waals surface area (Å²) in [4.78, 5) is 25.7. The third-order valence-electron chi connectivity index (χ3n) is 4.12. The molecule has 0 bridgehead atoms. The van der Waals surface area contributed by atoms with Gasteiger partial charge in [-0.3, -0.25) is 4.79 Å². The van der Waals surface area contributed by atoms with Crippen LogP contribution in [0.4, 0.5) is 0 Å². The molecule has 1 aliphatic heterocycles. The first-order chi connectivity index (χ1) is 11.9. The van der Waals surface area contributed by atoms with Gasteiger partial charge in [0.05, 0.1) is 11.7 Å². The summed E-state index contributed by atoms with van der Waals surface area (Å²) < 4.78 is 10.8. The Labute approximate surface area is 149 Å². The van der Waals surface area contributed by atoms with Crippen LogP contribution in [0.3, 0.4) is 0 Å². The molecule has 1 fully saturated rings. The topological polar surface area (TPSA) is 88.4 Å². The quantitative estimate of drug-likeness (QED) is 0.899. The summed E-state index contributed by atoms with van der Waals surface area (Å²) in [6.07, 6.45) is 1.32. The predicted molar refractivity (Wildman–Crippen MR) is 92.2 cm³/mol. The minimum Gasteiger partial charge on any atom is -0.490 e. The number of benzene rings is 1. The van der Waals surface area contributed by atoms with Gasteiger partial charge in [0.25, 0.3) is 5.91 Å². The molecule has 1 aromatic heterocycles. The highest BCUT2D eigenvalue weighted by Gasteiger charge is 2.29. The van der Waals surface area contributed by atoms with Crippen LogP contribution in [-0.2, 0) is 0 Å². The van der Waals surface area contributed by atoms with Crippen molar-refractivity contribution in [3.05, 3.63) is 45.2 Å². The fraction of sp³-hybridized carbons (Fsp3) is 0.471. The number of likely N-dealkylation sites (tertiary alicyclic amines) is 1. The van der Waals surface area contributed by atoms with Gasteiger partial charge in [-0.05, 0) is 44.9 Å². The van der Waals surface area contributed by atoms with Gasteiger partial charge in [0.1, 0.15) is 5.75 Å². The van der Waals surface area contributed by atoms with Crippen molar-refractivity contribution in [3.63, 3.8) is 0 Å². The van der Waals surface area contributed by atoms with Gasteiger partial charge in [-0.2, -0.15) is 0 Å². The van der Waals surface area contributed by atoms with E-state index in [-0.39, 0.29) is 17.9 Å². The van der Waals surface area contributed by atoms with Gasteiger partial charge in [0.2, 0.25) is 5.89 Å². The Morgan fingerprint density at radius 1 is 1.40 bits per heavy atom. The lowest BCUT2D eigenvalue weighted by Gasteiger charge is -2.31. The molecular weight excluding hydrogens is 346 g/mol. The lowest BCUT2D eigenvalue weighted by molar-refractivity contribution is 0.0700. The molecule has 1 amide bonds. The van der Waals surface area contributed by atoms with Crippen LogP contribution < -0.4 is 10.5 Å². The number of hydrogen-bond acceptors (Lipinski definition) is 5. The maximum Gasteiger partial charge on any atom is 0.434 e. The van der Waals surface area contributed by atoms with Crippen molar-refractivity contribution in [2.24, 2.45) is 0 Å². The molecule has 1 aromatic carbocycles. The zero-order chi connectivity index (χ0) is 18.0. The fourth-order valence-electron chi connectivity index (χ4n) is 2.94. The van der Waals surface area contributed by atoms with Gasteiger partial charge in [0.15, 0.2) is 0 Å². The molecule has 1 N–H and O–H groups in total. The molecule has 1 saturated heterocycles. The molecule has 0 spiro atoms. The third kappa shape index (κ3) is 4.04. The minimum absolute atomic E-state index is 0.0359. The van der Waals surface area contributed by atoms with Crippen molar-refractivity contribution >= 4 is 17.5 Å². The van der Waals surface area contributed by atoms with Crippen LogP contribution in [-0.4, -0.2) is 40.2 Å². The Morgan fingerprint density at radius 3 is 2.72 bits per heavy atom. The number of piperidine rings is 1. The smallest absolute Gasteiger partial charge is 0.434 e. The van der Waals surface area contributed by atoms with Crippen LogP contribution >= 0.6 is 11.6 Å². The molecule has 2 aromatic rings. The first kappa shape index (κ1) is 17.5. The normalized spacial score (nSPS) is 15.6. The highest BCUT2D eigenvalue weighted by atomic mass is 35.5. The Kier molecular flexibility index (Phi) is 5.13. The monoisotopic (exact) mass is 365 g/mol. The van der Waals surface area contributed by atoms with E-state index in [1.165, 1.54) is 0 Å². The van der Waals surface area contributed by atoms with E-state index in [2.05, 4.69) is 10.2 Å². The lowest BCUT2D eigenvalue weighted by atomic mass is 9.96. The molecule has 0 unspecified atom stereocenters. The number of carbonyl (C=O) groups is 1. The summed E-state index contributed by atoms with van der Waals surface area (Å²) in [5, 5.41) is 6.65. The SMILES string of the molecule is CC(C)Oc1ccc(Cl)cc1C(=O)N1CCC(c2n[nH]c(=O)o2)CC1. The van der Waals surface area contributed by atoms with E-state index in [1.54, 1.807) is 23.1 Å². The third-order valence-corrected chi connectivity index (χ3v) is 4.36. The van der Waals surface area contributed by atoms with E-state index in [4.69, 9.17) is 20.8 Å². The Morgan fingerprint density at radius 2 is 2.12 bits per heavy atom. The van der Waals surface area contributed by atoms with Crippen LogP contribution in [0.1, 0.15) is 48.9 Å². The van der Waals surface area contributed by atoms with Crippen LogP contribution in [0.15, 0.2) is 27.4 Å². The number of nitrogens with zero attached hydrogens (tertiary/aromatic N) is 2. The second kappa shape index (κ2) is 7.31. The number of aromatic nitrogens is 2. The molecule has 0 aliphatic carbocycles. The summed E-state index contributed by atoms with van der Waals surface area (Å²) in [6.45, 7) is 4.92. The van der Waals surface area contributed by atoms with Crippen LogP contribution in [0.25, 0.3) is 0 Å². The molecule has 0 atom stereocenters. The van der Waals surface area contributed by atoms with Gasteiger partial charge >= 0.3 is 5.76 Å². The van der Waals surface area contributed by atoms with Gasteiger partial charge in [-0.1, -0.05) is 11.6 Å². The Bertz CT molecular complexity index is 806. The first-order valence-electron chi connectivity index (χ1n) is 8.25. The van der Waals surface area contributed by atoms with Gasteiger partial charge in [0, 0.05) is 24.0 Å². The zero-order valence-corrected chi connectivity index (χ0v) is 14.9. The van der Waals surface area contributed by atoms with E-state index in [1.807, 2.05) is 13.8 Å². The maximum absolute atomic E-state index is 12.9. The highest BCUT2D eigenvalue weighted by Crippen LogP contribution is 2.30. The molecule has 8 heteroatoms. The van der Waals surface area contributed by atoms with Crippen molar-refractivity contribution in [1.29, 1.82) is 0 Å². The maximum atomic E-state index is 12.9. The van der Waals surface area contributed by atoms with E-state index in [0.29, 0.717) is 48.2 Å². The number of rotatable bonds is 4. The summed E-state index contributed by atoms with van der Waals surface area (Å²) in [6, 6.07) is 5.07. The number of halogens is 1. The van der Waals surface area contributed by atoms with Gasteiger partial charge in [-0.15, -0.1) is 5.10 Å². The Hall–Kier alpha value is -2.28. The van der Waals surface area contributed by atoms with Crippen molar-refractivity contribution in [2.75, 3.05) is 13.1 Å². The molecule has 1 aliphatic rings. The number of amides is 1. The second-order valence-electron chi connectivity index (χ2n) is 6.32. The van der Waals surface area contributed by atoms with Crippen molar-refractivity contribution in [1.82, 2.24) is 15.1 Å². The van der Waals surface area contributed by atoms with E-state index in [0.717, 1.165) is 0 Å². The number of carbonyl (C=O) groups excluding carboxylic acids is 1. The van der Waals surface area contributed by atoms with Crippen molar-refractivity contribution in [2.45, 2.75) is 38.7 Å². The first-order valence-corrected chi connectivity index (χ1v) is 8.62. The van der Waals surface area contributed by atoms with Crippen LogP contribution in [0.2, 0.25) is 5.02 Å². The Balaban J connectivity index is 1.72. The number of H-pyrrole nitrogens is 1. The van der Waals surface area contributed by atoms with E-state index < -0.39 is 5.76 Å². The summed E-state index contributed by atoms with van der Waals surface area (Å²) in [5.41, 5.74) is 0.464. The fourth-order valence-corrected chi connectivity index (χ4v) is 3.11. The summed E-state index contributed by atoms with van der Waals surface area (Å²) >= 11 is 6.06. The molecule has 3 rings (SSSR count). The number of ether oxygens (including phenoxy) is 1. The molecule has 25 heavy (non-hydrogen) atoms. The average Bonchev–Trinajstić information content (AvgIpc) is 3.02. The van der Waals surface area contributed by atoms with Crippen molar-refractivity contribution < 1.29 is 13.9 Å². The molecule has 0 saturated carbocycles. The number of hydrogen-bond donors (Lipinski definition) is 1. The minimum atomic E-state index is -0.553. The lowest BCUT2D eigenvalue weighted by Crippen LogP contribution is -2.38. The van der Waals surface area contributed by atoms with Gasteiger partial charge in [-0.25, -0.2) is 9.89 Å². The van der Waals surface area contributed by atoms with Crippen LogP contribution in [0, 0.1) is 0 Å². The largest absolute Gasteiger partial charge is 0.490 e.